The van der Waals surface area contributed by atoms with Gasteiger partial charge in [-0.3, -0.25) is 5.32 Å². The third-order valence-corrected chi connectivity index (χ3v) is 3.33. The predicted octanol–water partition coefficient (Wildman–Crippen LogP) is 2.97. The third-order valence-electron chi connectivity index (χ3n) is 3.10. The molecule has 2 heterocycles. The summed E-state index contributed by atoms with van der Waals surface area (Å²) in [6, 6.07) is 6.21. The Hall–Kier alpha value is -3.31. The molecule has 2 amide bonds. The molecule has 2 aromatic rings. The second-order valence-electron chi connectivity index (χ2n) is 4.83. The van der Waals surface area contributed by atoms with Gasteiger partial charge in [0.25, 0.3) is 5.88 Å². The van der Waals surface area contributed by atoms with Gasteiger partial charge in [0.05, 0.1) is 11.9 Å². The van der Waals surface area contributed by atoms with Crippen LogP contribution in [0, 0.1) is 11.3 Å². The normalized spacial score (nSPS) is 15.1. The summed E-state index contributed by atoms with van der Waals surface area (Å²) in [7, 11) is 0. The maximum absolute atomic E-state index is 12.2. The fraction of sp³-hybridized carbons (Fsp3) is 0.125. The Morgan fingerprint density at radius 3 is 2.80 bits per heavy atom. The maximum Gasteiger partial charge on any atom is 0.325 e. The molecule has 0 unspecified atom stereocenters. The molecule has 2 N–H and O–H groups in total. The highest BCUT2D eigenvalue weighted by Gasteiger charge is 2.13. The number of hydrogen-bond acceptors (Lipinski definition) is 6. The molecule has 0 saturated carbocycles. The molecule has 1 aromatic heterocycles. The molecule has 0 aliphatic carbocycles. The van der Waals surface area contributed by atoms with Crippen molar-refractivity contribution in [3.05, 3.63) is 47.3 Å². The fourth-order valence-electron chi connectivity index (χ4n) is 2.01. The highest BCUT2D eigenvalue weighted by molar-refractivity contribution is 6.31. The Morgan fingerprint density at radius 2 is 2.00 bits per heavy atom. The van der Waals surface area contributed by atoms with E-state index in [4.69, 9.17) is 26.3 Å². The molecule has 0 atom stereocenters. The van der Waals surface area contributed by atoms with Gasteiger partial charge in [0.1, 0.15) is 25.0 Å². The fourth-order valence-corrected chi connectivity index (χ4v) is 2.18. The van der Waals surface area contributed by atoms with Crippen LogP contribution in [0.3, 0.4) is 0 Å². The van der Waals surface area contributed by atoms with Gasteiger partial charge in [-0.05, 0) is 30.4 Å². The third kappa shape index (κ3) is 4.16. The molecular weight excluding hydrogens is 346 g/mol. The van der Waals surface area contributed by atoms with Crippen molar-refractivity contribution in [2.75, 3.05) is 23.8 Å². The molecule has 8 nitrogen and oxygen atoms in total. The molecule has 0 spiro atoms. The van der Waals surface area contributed by atoms with Crippen LogP contribution in [0.25, 0.3) is 0 Å². The van der Waals surface area contributed by atoms with Crippen molar-refractivity contribution in [2.45, 2.75) is 0 Å². The minimum absolute atomic E-state index is 0.0276. The molecule has 25 heavy (non-hydrogen) atoms. The first kappa shape index (κ1) is 16.5. The monoisotopic (exact) mass is 357 g/mol. The number of nitriles is 1. The Morgan fingerprint density at radius 1 is 1.20 bits per heavy atom. The molecule has 1 aromatic carbocycles. The Labute approximate surface area is 148 Å². The van der Waals surface area contributed by atoms with Gasteiger partial charge in [-0.15, -0.1) is 0 Å². The SMILES string of the molecule is N#Cc1ncc2nc1OC/C=C\COc1ccc(Cl)cc1NC(=O)N2. The number of amides is 2. The first-order chi connectivity index (χ1) is 12.2. The minimum Gasteiger partial charge on any atom is -0.487 e. The van der Waals surface area contributed by atoms with Gasteiger partial charge in [0.15, 0.2) is 5.82 Å². The van der Waals surface area contributed by atoms with Gasteiger partial charge in [0.2, 0.25) is 5.69 Å². The van der Waals surface area contributed by atoms with E-state index in [9.17, 15) is 4.79 Å². The average Bonchev–Trinajstić information content (AvgIpc) is 2.59. The molecule has 0 radical (unpaired) electrons. The van der Waals surface area contributed by atoms with Gasteiger partial charge < -0.3 is 14.8 Å². The number of fused-ring (bicyclic) bond motifs is 3. The Bertz CT molecular complexity index is 879. The van der Waals surface area contributed by atoms with E-state index in [1.807, 2.05) is 6.07 Å². The molecule has 0 fully saturated rings. The summed E-state index contributed by atoms with van der Waals surface area (Å²) in [5.74, 6) is 0.636. The van der Waals surface area contributed by atoms with Crippen LogP contribution in [0.4, 0.5) is 16.3 Å². The van der Waals surface area contributed by atoms with Gasteiger partial charge in [0, 0.05) is 5.02 Å². The maximum atomic E-state index is 12.2. The lowest BCUT2D eigenvalue weighted by Crippen LogP contribution is -2.21. The van der Waals surface area contributed by atoms with E-state index in [1.165, 1.54) is 6.20 Å². The molecule has 126 valence electrons. The summed E-state index contributed by atoms with van der Waals surface area (Å²) in [5.41, 5.74) is 0.438. The first-order valence-corrected chi connectivity index (χ1v) is 7.59. The van der Waals surface area contributed by atoms with Crippen molar-refractivity contribution in [2.24, 2.45) is 0 Å². The summed E-state index contributed by atoms with van der Waals surface area (Å²) in [5, 5.41) is 14.6. The van der Waals surface area contributed by atoms with Crippen LogP contribution in [0.1, 0.15) is 5.69 Å². The van der Waals surface area contributed by atoms with Crippen LogP contribution in [0.15, 0.2) is 36.5 Å². The van der Waals surface area contributed by atoms with Crippen LogP contribution in [-0.2, 0) is 0 Å². The van der Waals surface area contributed by atoms with E-state index in [1.54, 1.807) is 30.4 Å². The van der Waals surface area contributed by atoms with Crippen molar-refractivity contribution in [3.8, 4) is 17.7 Å². The lowest BCUT2D eigenvalue weighted by atomic mass is 10.3. The highest BCUT2D eigenvalue weighted by atomic mass is 35.5. The van der Waals surface area contributed by atoms with Gasteiger partial charge in [-0.2, -0.15) is 10.2 Å². The molecule has 1 aliphatic rings. The summed E-state index contributed by atoms with van der Waals surface area (Å²) in [6.07, 6.45) is 4.73. The van der Waals surface area contributed by atoms with E-state index < -0.39 is 6.03 Å². The standard InChI is InChI=1S/C16H12ClN5O3/c17-10-3-4-13-11(7-10)20-16(23)22-14-9-19-12(8-18)15(21-14)25-6-2-1-5-24-13/h1-4,7,9H,5-6H2,(H2,20,21,22,23)/b2-1-. The van der Waals surface area contributed by atoms with Gasteiger partial charge in [-0.25, -0.2) is 9.78 Å². The molecule has 0 saturated heterocycles. The van der Waals surface area contributed by atoms with E-state index in [0.29, 0.717) is 16.5 Å². The van der Waals surface area contributed by atoms with Crippen molar-refractivity contribution < 1.29 is 14.3 Å². The largest absolute Gasteiger partial charge is 0.487 e. The predicted molar refractivity (Wildman–Crippen MR) is 91.0 cm³/mol. The average molecular weight is 358 g/mol. The number of anilines is 2. The Kier molecular flexibility index (Phi) is 4.97. The number of urea groups is 1. The minimum atomic E-state index is -0.565. The van der Waals surface area contributed by atoms with Gasteiger partial charge in [-0.1, -0.05) is 11.6 Å². The summed E-state index contributed by atoms with van der Waals surface area (Å²) < 4.78 is 11.0. The van der Waals surface area contributed by atoms with Crippen molar-refractivity contribution in [1.29, 1.82) is 5.26 Å². The van der Waals surface area contributed by atoms with Crippen molar-refractivity contribution >= 4 is 29.1 Å². The first-order valence-electron chi connectivity index (χ1n) is 7.21. The molecular formula is C16H12ClN5O3. The number of hydrogen-bond donors (Lipinski definition) is 2. The number of nitrogens with one attached hydrogen (secondary N) is 2. The quantitative estimate of drug-likeness (QED) is 0.701. The zero-order valence-corrected chi connectivity index (χ0v) is 13.6. The van der Waals surface area contributed by atoms with E-state index in [2.05, 4.69) is 20.6 Å². The Balaban J connectivity index is 1.93. The molecule has 9 heteroatoms. The highest BCUT2D eigenvalue weighted by Crippen LogP contribution is 2.28. The summed E-state index contributed by atoms with van der Waals surface area (Å²) in [6.45, 7) is 0.438. The summed E-state index contributed by atoms with van der Waals surface area (Å²) >= 11 is 5.97. The number of carbonyl (C=O) groups is 1. The zero-order valence-electron chi connectivity index (χ0n) is 12.8. The lowest BCUT2D eigenvalue weighted by molar-refractivity contribution is 0.262. The number of rotatable bonds is 0. The van der Waals surface area contributed by atoms with Crippen molar-refractivity contribution in [3.63, 3.8) is 0 Å². The van der Waals surface area contributed by atoms with Crippen molar-refractivity contribution in [1.82, 2.24) is 9.97 Å². The topological polar surface area (TPSA) is 109 Å². The zero-order chi connectivity index (χ0) is 17.6. The number of benzene rings is 1. The van der Waals surface area contributed by atoms with Crippen LogP contribution in [-0.4, -0.2) is 29.2 Å². The van der Waals surface area contributed by atoms with E-state index in [0.717, 1.165) is 0 Å². The summed E-state index contributed by atoms with van der Waals surface area (Å²) in [4.78, 5) is 20.2. The number of nitrogens with zero attached hydrogens (tertiary/aromatic N) is 3. The number of ether oxygens (including phenoxy) is 2. The number of halogens is 1. The van der Waals surface area contributed by atoms with E-state index >= 15 is 0 Å². The number of aromatic nitrogens is 2. The molecule has 3 rings (SSSR count). The smallest absolute Gasteiger partial charge is 0.325 e. The van der Waals surface area contributed by atoms with Crippen LogP contribution < -0.4 is 20.1 Å². The second-order valence-corrected chi connectivity index (χ2v) is 5.27. The van der Waals surface area contributed by atoms with E-state index in [-0.39, 0.29) is 30.6 Å². The van der Waals surface area contributed by atoms with Crippen LogP contribution in [0.5, 0.6) is 11.6 Å². The molecule has 2 bridgehead atoms. The van der Waals surface area contributed by atoms with Crippen LogP contribution >= 0.6 is 11.6 Å². The second kappa shape index (κ2) is 7.51. The lowest BCUT2D eigenvalue weighted by Gasteiger charge is -2.13. The van der Waals surface area contributed by atoms with Gasteiger partial charge >= 0.3 is 6.03 Å². The number of carbonyl (C=O) groups excluding carboxylic acids is 1. The van der Waals surface area contributed by atoms with Crippen LogP contribution in [0.2, 0.25) is 5.02 Å². The molecule has 1 aliphatic heterocycles.